The summed E-state index contributed by atoms with van der Waals surface area (Å²) in [6, 6.07) is 12.3. The van der Waals surface area contributed by atoms with Crippen LogP contribution in [0.2, 0.25) is 0 Å². The van der Waals surface area contributed by atoms with Crippen LogP contribution in [0.25, 0.3) is 0 Å². The molecule has 2 aromatic rings. The number of rotatable bonds is 4. The maximum atomic E-state index is 8.87. The largest absolute Gasteiger partial charge is 0.370 e. The zero-order valence-electron chi connectivity index (χ0n) is 12.7. The Balaban J connectivity index is 1.60. The van der Waals surface area contributed by atoms with Gasteiger partial charge in [0.2, 0.25) is 0 Å². The van der Waals surface area contributed by atoms with Gasteiger partial charge in [0, 0.05) is 37.2 Å². The Bertz CT molecular complexity index is 647. The molecule has 0 aliphatic carbocycles. The zero-order chi connectivity index (χ0) is 15.4. The van der Waals surface area contributed by atoms with Gasteiger partial charge in [-0.3, -0.25) is 4.90 Å². The lowest BCUT2D eigenvalue weighted by molar-refractivity contribution is 0.244. The van der Waals surface area contributed by atoms with Gasteiger partial charge < -0.3 is 4.90 Å². The molecule has 0 spiro atoms. The Kier molecular flexibility index (Phi) is 4.31. The fraction of sp³-hybridized carbons (Fsp3) is 0.353. The first kappa shape index (κ1) is 14.5. The fourth-order valence-electron chi connectivity index (χ4n) is 2.85. The molecule has 0 amide bonds. The Morgan fingerprint density at radius 1 is 1.27 bits per heavy atom. The third-order valence-corrected chi connectivity index (χ3v) is 4.16. The minimum atomic E-state index is 0.499. The standard InChI is InChI=1S/C17H19N5/c1-21(13-17-19-8-2-9-20-17)16-7-10-22(12-16)15-5-3-14(11-18)4-6-15/h2-6,8-9,16H,7,10,12-13H2,1H3/t16-/m0/s1. The Morgan fingerprint density at radius 2 is 2.00 bits per heavy atom. The van der Waals surface area contributed by atoms with Gasteiger partial charge in [-0.15, -0.1) is 0 Å². The number of hydrogen-bond donors (Lipinski definition) is 0. The number of benzene rings is 1. The van der Waals surface area contributed by atoms with E-state index in [0.29, 0.717) is 11.6 Å². The SMILES string of the molecule is CN(Cc1ncccn1)[C@H]1CCN(c2ccc(C#N)cc2)C1. The van der Waals surface area contributed by atoms with Crippen LogP contribution >= 0.6 is 0 Å². The molecule has 1 fully saturated rings. The van der Waals surface area contributed by atoms with Crippen molar-refractivity contribution < 1.29 is 0 Å². The first-order valence-electron chi connectivity index (χ1n) is 7.47. The molecule has 3 rings (SSSR count). The maximum absolute atomic E-state index is 8.87. The summed E-state index contributed by atoms with van der Waals surface area (Å²) < 4.78 is 0. The van der Waals surface area contributed by atoms with Gasteiger partial charge in [-0.1, -0.05) is 0 Å². The van der Waals surface area contributed by atoms with Crippen molar-refractivity contribution in [1.82, 2.24) is 14.9 Å². The van der Waals surface area contributed by atoms with Crippen molar-refractivity contribution in [3.8, 4) is 6.07 Å². The number of anilines is 1. The van der Waals surface area contributed by atoms with Gasteiger partial charge in [-0.05, 0) is 43.8 Å². The molecule has 1 aliphatic heterocycles. The predicted octanol–water partition coefficient (Wildman–Crippen LogP) is 2.06. The summed E-state index contributed by atoms with van der Waals surface area (Å²) in [5, 5.41) is 8.87. The number of nitrogens with zero attached hydrogens (tertiary/aromatic N) is 5. The van der Waals surface area contributed by atoms with E-state index in [1.165, 1.54) is 5.69 Å². The smallest absolute Gasteiger partial charge is 0.142 e. The van der Waals surface area contributed by atoms with Crippen LogP contribution in [0, 0.1) is 11.3 Å². The number of hydrogen-bond acceptors (Lipinski definition) is 5. The average Bonchev–Trinajstić information content (AvgIpc) is 3.06. The third kappa shape index (κ3) is 3.23. The quantitative estimate of drug-likeness (QED) is 0.863. The second-order valence-electron chi connectivity index (χ2n) is 5.63. The molecule has 5 nitrogen and oxygen atoms in total. The molecule has 1 aliphatic rings. The summed E-state index contributed by atoms with van der Waals surface area (Å²) in [5.74, 6) is 0.863. The zero-order valence-corrected chi connectivity index (χ0v) is 12.7. The monoisotopic (exact) mass is 293 g/mol. The van der Waals surface area contributed by atoms with Crippen LogP contribution in [0.15, 0.2) is 42.7 Å². The van der Waals surface area contributed by atoms with Crippen LogP contribution in [0.5, 0.6) is 0 Å². The highest BCUT2D eigenvalue weighted by atomic mass is 15.2. The minimum Gasteiger partial charge on any atom is -0.370 e. The molecule has 5 heteroatoms. The summed E-state index contributed by atoms with van der Waals surface area (Å²) >= 11 is 0. The Morgan fingerprint density at radius 3 is 2.68 bits per heavy atom. The molecule has 22 heavy (non-hydrogen) atoms. The van der Waals surface area contributed by atoms with Gasteiger partial charge in [0.1, 0.15) is 5.82 Å². The van der Waals surface area contributed by atoms with E-state index < -0.39 is 0 Å². The highest BCUT2D eigenvalue weighted by Gasteiger charge is 2.26. The van der Waals surface area contributed by atoms with Crippen molar-refractivity contribution in [2.24, 2.45) is 0 Å². The molecule has 112 valence electrons. The highest BCUT2D eigenvalue weighted by molar-refractivity contribution is 5.50. The summed E-state index contributed by atoms with van der Waals surface area (Å²) in [4.78, 5) is 13.3. The second kappa shape index (κ2) is 6.54. The van der Waals surface area contributed by atoms with Crippen molar-refractivity contribution in [1.29, 1.82) is 5.26 Å². The number of likely N-dealkylation sites (N-methyl/N-ethyl adjacent to an activating group) is 1. The lowest BCUT2D eigenvalue weighted by atomic mass is 10.2. The molecule has 1 atom stereocenters. The first-order valence-corrected chi connectivity index (χ1v) is 7.47. The van der Waals surface area contributed by atoms with Crippen molar-refractivity contribution in [2.75, 3.05) is 25.0 Å². The summed E-state index contributed by atoms with van der Waals surface area (Å²) in [6.07, 6.45) is 4.70. The van der Waals surface area contributed by atoms with Crippen LogP contribution in [0.1, 0.15) is 17.8 Å². The van der Waals surface area contributed by atoms with E-state index in [1.807, 2.05) is 30.3 Å². The molecule has 0 unspecified atom stereocenters. The van der Waals surface area contributed by atoms with Gasteiger partial charge in [-0.25, -0.2) is 9.97 Å². The summed E-state index contributed by atoms with van der Waals surface area (Å²) in [7, 11) is 2.13. The Hall–Kier alpha value is -2.45. The topological polar surface area (TPSA) is 56.1 Å². The summed E-state index contributed by atoms with van der Waals surface area (Å²) in [6.45, 7) is 2.80. The minimum absolute atomic E-state index is 0.499. The Labute approximate surface area is 130 Å². The van der Waals surface area contributed by atoms with Crippen LogP contribution in [0.4, 0.5) is 5.69 Å². The van der Waals surface area contributed by atoms with Crippen LogP contribution < -0.4 is 4.90 Å². The molecule has 0 radical (unpaired) electrons. The molecule has 1 aromatic heterocycles. The average molecular weight is 293 g/mol. The van der Waals surface area contributed by atoms with E-state index in [9.17, 15) is 0 Å². The van der Waals surface area contributed by atoms with Crippen molar-refractivity contribution >= 4 is 5.69 Å². The molecule has 2 heterocycles. The molecule has 1 saturated heterocycles. The van der Waals surface area contributed by atoms with Crippen molar-refractivity contribution in [3.63, 3.8) is 0 Å². The maximum Gasteiger partial charge on any atom is 0.142 e. The first-order chi connectivity index (χ1) is 10.8. The molecular formula is C17H19N5. The highest BCUT2D eigenvalue weighted by Crippen LogP contribution is 2.23. The predicted molar refractivity (Wildman–Crippen MR) is 85.3 cm³/mol. The molecular weight excluding hydrogens is 274 g/mol. The van der Waals surface area contributed by atoms with Crippen LogP contribution in [-0.2, 0) is 6.54 Å². The van der Waals surface area contributed by atoms with Gasteiger partial charge in [0.15, 0.2) is 0 Å². The van der Waals surface area contributed by atoms with E-state index in [1.54, 1.807) is 12.4 Å². The van der Waals surface area contributed by atoms with Gasteiger partial charge in [0.05, 0.1) is 18.2 Å². The summed E-state index contributed by atoms with van der Waals surface area (Å²) in [5.41, 5.74) is 1.89. The molecule has 0 N–H and O–H groups in total. The second-order valence-corrected chi connectivity index (χ2v) is 5.63. The van der Waals surface area contributed by atoms with Gasteiger partial charge in [-0.2, -0.15) is 5.26 Å². The van der Waals surface area contributed by atoms with E-state index in [0.717, 1.165) is 31.9 Å². The normalized spacial score (nSPS) is 17.7. The van der Waals surface area contributed by atoms with E-state index in [2.05, 4.69) is 32.9 Å². The lowest BCUT2D eigenvalue weighted by Gasteiger charge is -2.24. The van der Waals surface area contributed by atoms with E-state index >= 15 is 0 Å². The number of nitriles is 1. The third-order valence-electron chi connectivity index (χ3n) is 4.16. The van der Waals surface area contributed by atoms with E-state index in [-0.39, 0.29) is 0 Å². The van der Waals surface area contributed by atoms with Gasteiger partial charge in [0.25, 0.3) is 0 Å². The number of aromatic nitrogens is 2. The van der Waals surface area contributed by atoms with E-state index in [4.69, 9.17) is 5.26 Å². The molecule has 1 aromatic carbocycles. The lowest BCUT2D eigenvalue weighted by Crippen LogP contribution is -2.34. The molecule has 0 bridgehead atoms. The van der Waals surface area contributed by atoms with Crippen molar-refractivity contribution in [3.05, 3.63) is 54.1 Å². The fourth-order valence-corrected chi connectivity index (χ4v) is 2.85. The van der Waals surface area contributed by atoms with Gasteiger partial charge >= 0.3 is 0 Å². The molecule has 0 saturated carbocycles. The van der Waals surface area contributed by atoms with Crippen molar-refractivity contribution in [2.45, 2.75) is 19.0 Å². The van der Waals surface area contributed by atoms with Crippen LogP contribution in [-0.4, -0.2) is 41.0 Å². The van der Waals surface area contributed by atoms with Crippen LogP contribution in [0.3, 0.4) is 0 Å².